The zero-order chi connectivity index (χ0) is 79.6. The molecule has 7 aliphatic rings. The summed E-state index contributed by atoms with van der Waals surface area (Å²) in [5.74, 6) is -14.4. The van der Waals surface area contributed by atoms with Gasteiger partial charge in [0, 0.05) is 42.1 Å². The zero-order valence-electron chi connectivity index (χ0n) is 60.7. The number of carbonyl (C=O) groups is 8. The molecule has 0 aliphatic carbocycles. The lowest BCUT2D eigenvalue weighted by molar-refractivity contribution is -0.888. The molecule has 2 saturated heterocycles. The molecule has 0 radical (unpaired) electrons. The minimum atomic E-state index is -2.33. The molecule has 0 spiro atoms. The number of likely N-dealkylation sites (N-methyl/N-ethyl adjacent to an activating group) is 1. The molecular weight excluding hydrogens is 1470 g/mol. The van der Waals surface area contributed by atoms with Crippen LogP contribution >= 0.6 is 23.2 Å². The first kappa shape index (κ1) is 82.3. The lowest BCUT2D eigenvalue weighted by Gasteiger charge is -2.47. The molecule has 7 aliphatic heterocycles. The number of amides is 8. The van der Waals surface area contributed by atoms with E-state index in [0.717, 1.165) is 61.1 Å². The molecule has 5 aromatic rings. The summed E-state index contributed by atoms with van der Waals surface area (Å²) in [4.78, 5) is 120. The SMILES string of the molecule is CC[N+](C)(C)CCCNC(=O)[C@H]1NC(=O)[C@H]2NC(=O)[C@H](NC(=O)[C@@H]3NC(=O)[C@H](CC(N)=O)NC(=O)[C@H](NC(=O)[C@@H](CC(C)C)NC)[C@H](O)c4ccc(c(Cl)c4)Oc4cc3cc(c4O[C@@H]3O[C@H](CO)[C@@H](O)[C@H](O)[C@H]3O[C@H]3C[C@](C)(N)[C@H](O)[C@H](C)O3)Oc3ccc(cc3Cl)[C@H]2O)c2ccc(O)c(c2)-c2c(O)cc(O)cc21. The summed E-state index contributed by atoms with van der Waals surface area (Å²) in [6, 6.07) is 0.572. The number of halogens is 2. The Labute approximate surface area is 635 Å². The fraction of sp³-hybridized carbons (Fsp3) is 0.479. The van der Waals surface area contributed by atoms with E-state index in [0.29, 0.717) is 17.4 Å². The van der Waals surface area contributed by atoms with Gasteiger partial charge in [-0.3, -0.25) is 38.4 Å². The summed E-state index contributed by atoms with van der Waals surface area (Å²) in [5, 5.41) is 125. The predicted molar refractivity (Wildman–Crippen MR) is 387 cm³/mol. The van der Waals surface area contributed by atoms with Gasteiger partial charge in [-0.05, 0) is 123 Å². The molecule has 2 fully saturated rings. The van der Waals surface area contributed by atoms with E-state index < -0.39 is 220 Å². The number of aromatic hydroxyl groups is 3. The molecule has 0 unspecified atom stereocenters. The normalized spacial score (nSPS) is 28.3. The monoisotopic (exact) mass is 1560 g/mol. The van der Waals surface area contributed by atoms with E-state index in [-0.39, 0.29) is 69.6 Å². The van der Waals surface area contributed by atoms with Crippen molar-refractivity contribution in [2.45, 2.75) is 170 Å². The number of ether oxygens (including phenoxy) is 6. The van der Waals surface area contributed by atoms with Crippen molar-refractivity contribution >= 4 is 70.5 Å². The molecule has 21 N–H and O–H groups in total. The first-order chi connectivity index (χ1) is 51.4. The maximum absolute atomic E-state index is 16.2. The minimum absolute atomic E-state index is 0.0259. The molecule has 12 rings (SSSR count). The Morgan fingerprint density at radius 1 is 0.734 bits per heavy atom. The third kappa shape index (κ3) is 18.5. The molecule has 109 heavy (non-hydrogen) atoms. The van der Waals surface area contributed by atoms with Crippen molar-refractivity contribution in [3.05, 3.63) is 117 Å². The second kappa shape index (κ2) is 33.9. The van der Waals surface area contributed by atoms with Crippen molar-refractivity contribution in [1.29, 1.82) is 0 Å². The van der Waals surface area contributed by atoms with Crippen LogP contribution in [0, 0.1) is 5.92 Å². The average molecular weight is 1560 g/mol. The van der Waals surface area contributed by atoms with Gasteiger partial charge in [-0.15, -0.1) is 0 Å². The molecule has 36 heteroatoms. The molecule has 7 heterocycles. The van der Waals surface area contributed by atoms with E-state index in [2.05, 4.69) is 42.5 Å². The lowest BCUT2D eigenvalue weighted by atomic mass is 9.86. The van der Waals surface area contributed by atoms with E-state index in [4.69, 9.17) is 63.1 Å². The molecule has 590 valence electrons. The van der Waals surface area contributed by atoms with Gasteiger partial charge in [0.2, 0.25) is 59.3 Å². The quantitative estimate of drug-likeness (QED) is 0.0422. The van der Waals surface area contributed by atoms with E-state index in [1.165, 1.54) is 45.2 Å². The summed E-state index contributed by atoms with van der Waals surface area (Å²) in [7, 11) is 5.43. The number of primary amides is 1. The van der Waals surface area contributed by atoms with Gasteiger partial charge in [-0.25, -0.2) is 0 Å². The van der Waals surface area contributed by atoms with Crippen molar-refractivity contribution in [3.63, 3.8) is 0 Å². The van der Waals surface area contributed by atoms with Crippen LogP contribution in [0.25, 0.3) is 11.1 Å². The van der Waals surface area contributed by atoms with Crippen molar-refractivity contribution in [2.75, 3.05) is 47.4 Å². The number of nitrogens with one attached hydrogen (secondary N) is 8. The Hall–Kier alpha value is -9.24. The molecule has 18 atom stereocenters. The summed E-state index contributed by atoms with van der Waals surface area (Å²) < 4.78 is 39.2. The van der Waals surface area contributed by atoms with Crippen molar-refractivity contribution in [3.8, 4) is 57.1 Å². The van der Waals surface area contributed by atoms with Crippen LogP contribution in [0.2, 0.25) is 10.0 Å². The second-order valence-electron chi connectivity index (χ2n) is 29.0. The van der Waals surface area contributed by atoms with Crippen LogP contribution in [0.3, 0.4) is 0 Å². The highest BCUT2D eigenvalue weighted by Crippen LogP contribution is 2.50. The number of nitrogens with two attached hydrogens (primary N) is 2. The third-order valence-electron chi connectivity index (χ3n) is 19.9. The fourth-order valence-electron chi connectivity index (χ4n) is 13.5. The number of nitrogens with zero attached hydrogens (tertiary/aromatic N) is 1. The maximum atomic E-state index is 16.2. The van der Waals surface area contributed by atoms with E-state index in [9.17, 15) is 65.1 Å². The van der Waals surface area contributed by atoms with Crippen LogP contribution in [0.4, 0.5) is 0 Å². The molecule has 5 aromatic carbocycles. The molecule has 11 bridgehead atoms. The van der Waals surface area contributed by atoms with Gasteiger partial charge in [0.1, 0.15) is 95.5 Å². The van der Waals surface area contributed by atoms with Gasteiger partial charge in [-0.2, -0.15) is 0 Å². The van der Waals surface area contributed by atoms with Crippen molar-refractivity contribution in [2.24, 2.45) is 17.4 Å². The van der Waals surface area contributed by atoms with Gasteiger partial charge in [0.15, 0.2) is 23.9 Å². The smallest absolute Gasteiger partial charge is 0.248 e. The average Bonchev–Trinajstić information content (AvgIpc) is 0.768. The summed E-state index contributed by atoms with van der Waals surface area (Å²) in [6.07, 6.45) is -18.0. The molecular formula is C73H92Cl2N11O23+. The van der Waals surface area contributed by atoms with Crippen LogP contribution in [0.1, 0.15) is 118 Å². The lowest BCUT2D eigenvalue weighted by Crippen LogP contribution is -2.64. The maximum Gasteiger partial charge on any atom is 0.248 e. The highest BCUT2D eigenvalue weighted by Gasteiger charge is 2.52. The minimum Gasteiger partial charge on any atom is -0.508 e. The number of quaternary nitrogens is 1. The zero-order valence-corrected chi connectivity index (χ0v) is 62.2. The second-order valence-corrected chi connectivity index (χ2v) is 29.8. The summed E-state index contributed by atoms with van der Waals surface area (Å²) in [6.45, 7) is 9.03. The van der Waals surface area contributed by atoms with Crippen molar-refractivity contribution < 1.29 is 117 Å². The first-order valence-electron chi connectivity index (χ1n) is 35.2. The van der Waals surface area contributed by atoms with E-state index in [1.54, 1.807) is 0 Å². The van der Waals surface area contributed by atoms with Gasteiger partial charge in [0.25, 0.3) is 0 Å². The van der Waals surface area contributed by atoms with Crippen LogP contribution < -0.4 is 68.2 Å². The van der Waals surface area contributed by atoms with Gasteiger partial charge in [0.05, 0.1) is 68.5 Å². The number of fused-ring (bicyclic) bond motifs is 15. The molecule has 34 nitrogen and oxygen atoms in total. The van der Waals surface area contributed by atoms with Crippen LogP contribution in [-0.4, -0.2) is 224 Å². The number of phenols is 3. The Kier molecular flexibility index (Phi) is 25.6. The Bertz CT molecular complexity index is 4290. The largest absolute Gasteiger partial charge is 0.508 e. The standard InChI is InChI=1S/C73H91Cl2N11O23/c1-9-86(7,8)18-10-17-79-67(99)55-38-25-36(88)26-44(90)52(38)37-20-32(11-14-43(37)89)53-68(100)85-57(71(103)83-55)59(93)34-13-16-46(40(75)22-34)106-48-24-35-23-47(62(48)109-72-63(61(95)60(94)49(29-87)107-72)108-51-28-73(5,77)64(96)31(4)104-51)105-45-15-12-33(21-39(45)74)58(92)56(84-65(97)41(78-6)19-30(2)3)70(102)80-42(27-50(76)91)66(98)81-54(35)69(101)82-53/h11-16,20-26,30-31,41-42,49,51,53-61,63-64,72,78,87,92-96H,9-10,17-19,27-29,77H2,1-8H3,(H11-,76,79,80,81,82,83,84,85,88,89,90,91,97,98,99,100,101,102,103)/p+1/t31-,41+,42-,49+,51-,53+,54+,55-,56+,57-,58+,59+,60+,61-,63+,64+,72-,73-/m0/s1. The number of aliphatic hydroxyl groups is 6. The summed E-state index contributed by atoms with van der Waals surface area (Å²) >= 11 is 14.3. The topological polar surface area (TPSA) is 522 Å². The number of carbonyl (C=O) groups excluding carboxylic acids is 8. The first-order valence-corrected chi connectivity index (χ1v) is 36.0. The number of rotatable bonds is 18. The van der Waals surface area contributed by atoms with Crippen LogP contribution in [-0.2, 0) is 52.6 Å². The van der Waals surface area contributed by atoms with Crippen LogP contribution in [0.5, 0.6) is 46.0 Å². The Morgan fingerprint density at radius 3 is 1.94 bits per heavy atom. The Morgan fingerprint density at radius 2 is 1.35 bits per heavy atom. The number of hydrogen-bond donors (Lipinski definition) is 19. The molecule has 8 amide bonds. The number of aliphatic hydroxyl groups excluding tert-OH is 6. The van der Waals surface area contributed by atoms with Gasteiger partial charge >= 0.3 is 0 Å². The number of hydrogen-bond acceptors (Lipinski definition) is 25. The fourth-order valence-corrected chi connectivity index (χ4v) is 13.9. The predicted octanol–water partition coefficient (Wildman–Crippen LogP) is 0.624. The van der Waals surface area contributed by atoms with E-state index >= 15 is 19.2 Å². The molecule has 0 saturated carbocycles. The van der Waals surface area contributed by atoms with Gasteiger partial charge in [-0.1, -0.05) is 55.2 Å². The van der Waals surface area contributed by atoms with Gasteiger partial charge < -0.3 is 133 Å². The Balaban J connectivity index is 1.22. The number of phenolic OH excluding ortho intramolecular Hbond substituents is 3. The van der Waals surface area contributed by atoms with Crippen LogP contribution in [0.15, 0.2) is 78.9 Å². The third-order valence-corrected chi connectivity index (χ3v) is 20.5. The number of benzene rings is 5. The van der Waals surface area contributed by atoms with Crippen molar-refractivity contribution in [1.82, 2.24) is 42.5 Å². The summed E-state index contributed by atoms with van der Waals surface area (Å²) in [5.41, 5.74) is 8.71. The highest BCUT2D eigenvalue weighted by atomic mass is 35.5. The molecule has 0 aromatic heterocycles. The van der Waals surface area contributed by atoms with E-state index in [1.807, 2.05) is 34.9 Å². The highest BCUT2D eigenvalue weighted by molar-refractivity contribution is 6.32.